The number of benzene rings is 2. The topological polar surface area (TPSA) is 187 Å². The molecule has 0 aromatic heterocycles. The fourth-order valence-corrected chi connectivity index (χ4v) is 4.54. The van der Waals surface area contributed by atoms with Gasteiger partial charge in [-0.25, -0.2) is 0 Å². The number of esters is 2. The maximum atomic E-state index is 12.0. The molecule has 1 atom stereocenters. The van der Waals surface area contributed by atoms with E-state index in [1.807, 2.05) is 0 Å². The summed E-state index contributed by atoms with van der Waals surface area (Å²) in [5.41, 5.74) is 0.440. The van der Waals surface area contributed by atoms with E-state index in [-0.39, 0.29) is 83.5 Å². The SMILES string of the molecule is CCCCCCCCOC(=O)CC(C(=O)OCCCCCCCC)S(=O)(=O)O.O=C([O-])c1ccccc1.O=C([O-])c1ccccc1.[Na+].[Na+]. The molecule has 0 amide bonds. The number of rotatable bonds is 20. The molecule has 0 radical (unpaired) electrons. The van der Waals surface area contributed by atoms with Crippen molar-refractivity contribution >= 4 is 34.0 Å². The van der Waals surface area contributed by atoms with E-state index in [9.17, 15) is 42.4 Å². The number of carboxylic acid groups (broad SMARTS) is 2. The molecular formula is C34H48Na2O11S. The van der Waals surface area contributed by atoms with Gasteiger partial charge in [0.2, 0.25) is 0 Å². The van der Waals surface area contributed by atoms with Gasteiger partial charge in [0, 0.05) is 0 Å². The van der Waals surface area contributed by atoms with Crippen LogP contribution in [-0.4, -0.2) is 55.3 Å². The predicted octanol–water partition coefficient (Wildman–Crippen LogP) is -1.45. The van der Waals surface area contributed by atoms with Crippen molar-refractivity contribution in [3.8, 4) is 0 Å². The number of aromatic carboxylic acids is 2. The molecule has 0 spiro atoms. The van der Waals surface area contributed by atoms with Crippen molar-refractivity contribution in [2.24, 2.45) is 0 Å². The molecule has 258 valence electrons. The van der Waals surface area contributed by atoms with Crippen LogP contribution in [0.15, 0.2) is 60.7 Å². The number of carbonyl (C=O) groups excluding carboxylic acids is 4. The third-order valence-electron chi connectivity index (χ3n) is 6.50. The van der Waals surface area contributed by atoms with E-state index in [1.54, 1.807) is 36.4 Å². The van der Waals surface area contributed by atoms with Crippen molar-refractivity contribution in [1.82, 2.24) is 0 Å². The Labute approximate surface area is 329 Å². The summed E-state index contributed by atoms with van der Waals surface area (Å²) in [6, 6.07) is 16.1. The van der Waals surface area contributed by atoms with Crippen molar-refractivity contribution in [3.05, 3.63) is 71.8 Å². The minimum atomic E-state index is -4.73. The standard InChI is InChI=1S/C20H38O7S.2C7H6O2.2Na/c1-3-5-7-9-11-13-15-26-19(21)17-18(28(23,24)25)20(22)27-16-14-12-10-8-6-4-2;2*8-7(9)6-4-2-1-3-5-6;;/h18H,3-17H2,1-2H3,(H,23,24,25);2*1-5H,(H,8,9);;/q;;;2*+1/p-2. The first kappa shape index (κ1) is 50.6. The molecule has 48 heavy (non-hydrogen) atoms. The molecule has 0 bridgehead atoms. The van der Waals surface area contributed by atoms with E-state index in [2.05, 4.69) is 13.8 Å². The molecule has 2 rings (SSSR count). The monoisotopic (exact) mass is 710 g/mol. The first-order valence-electron chi connectivity index (χ1n) is 15.7. The van der Waals surface area contributed by atoms with Gasteiger partial charge in [-0.15, -0.1) is 0 Å². The molecule has 2 aromatic rings. The Morgan fingerprint density at radius 1 is 0.625 bits per heavy atom. The van der Waals surface area contributed by atoms with E-state index >= 15 is 0 Å². The van der Waals surface area contributed by atoms with Crippen LogP contribution in [0.4, 0.5) is 0 Å². The van der Waals surface area contributed by atoms with Crippen molar-refractivity contribution in [2.75, 3.05) is 13.2 Å². The molecule has 0 fully saturated rings. The molecule has 2 aromatic carbocycles. The molecule has 11 nitrogen and oxygen atoms in total. The van der Waals surface area contributed by atoms with E-state index in [0.29, 0.717) is 12.8 Å². The maximum Gasteiger partial charge on any atom is 1.00 e. The molecular weight excluding hydrogens is 662 g/mol. The van der Waals surface area contributed by atoms with Gasteiger partial charge in [0.1, 0.15) is 0 Å². The molecule has 0 aliphatic rings. The third kappa shape index (κ3) is 28.1. The van der Waals surface area contributed by atoms with Gasteiger partial charge >= 0.3 is 71.1 Å². The van der Waals surface area contributed by atoms with Gasteiger partial charge in [0.05, 0.1) is 31.6 Å². The normalized spacial score (nSPS) is 10.6. The summed E-state index contributed by atoms with van der Waals surface area (Å²) >= 11 is 0. The number of unbranched alkanes of at least 4 members (excludes halogenated alkanes) is 10. The van der Waals surface area contributed by atoms with Crippen LogP contribution in [0.2, 0.25) is 0 Å². The average Bonchev–Trinajstić information content (AvgIpc) is 3.03. The number of ether oxygens (including phenoxy) is 2. The minimum Gasteiger partial charge on any atom is -0.545 e. The van der Waals surface area contributed by atoms with Crippen LogP contribution in [-0.2, 0) is 29.2 Å². The minimum absolute atomic E-state index is 0. The quantitative estimate of drug-likeness (QED) is 0.0733. The Morgan fingerprint density at radius 3 is 1.31 bits per heavy atom. The van der Waals surface area contributed by atoms with Crippen LogP contribution in [0.5, 0.6) is 0 Å². The molecule has 0 saturated heterocycles. The van der Waals surface area contributed by atoms with Crippen LogP contribution in [0.25, 0.3) is 0 Å². The summed E-state index contributed by atoms with van der Waals surface area (Å²) in [5.74, 6) is -4.19. The number of hydrogen-bond donors (Lipinski definition) is 1. The largest absolute Gasteiger partial charge is 1.00 e. The van der Waals surface area contributed by atoms with Crippen LogP contribution < -0.4 is 69.3 Å². The zero-order chi connectivity index (χ0) is 34.6. The van der Waals surface area contributed by atoms with Crippen LogP contribution in [0.1, 0.15) is 118 Å². The van der Waals surface area contributed by atoms with Gasteiger partial charge in [-0.3, -0.25) is 14.1 Å². The number of hydrogen-bond acceptors (Lipinski definition) is 10. The summed E-state index contributed by atoms with van der Waals surface area (Å²) in [6.07, 6.45) is 11.3. The van der Waals surface area contributed by atoms with Gasteiger partial charge in [-0.2, -0.15) is 8.42 Å². The maximum absolute atomic E-state index is 12.0. The molecule has 0 saturated carbocycles. The van der Waals surface area contributed by atoms with Gasteiger partial charge in [0.25, 0.3) is 10.1 Å². The van der Waals surface area contributed by atoms with Crippen LogP contribution in [0, 0.1) is 0 Å². The van der Waals surface area contributed by atoms with Gasteiger partial charge < -0.3 is 29.3 Å². The second kappa shape index (κ2) is 32.4. The first-order valence-corrected chi connectivity index (χ1v) is 17.3. The van der Waals surface area contributed by atoms with E-state index in [4.69, 9.17) is 9.47 Å². The number of carbonyl (C=O) groups is 4. The second-order valence-corrected chi connectivity index (χ2v) is 12.0. The molecule has 0 heterocycles. The number of carboxylic acids is 2. The fourth-order valence-electron chi connectivity index (χ4n) is 3.89. The van der Waals surface area contributed by atoms with Crippen LogP contribution in [0.3, 0.4) is 0 Å². The van der Waals surface area contributed by atoms with Crippen molar-refractivity contribution in [3.63, 3.8) is 0 Å². The van der Waals surface area contributed by atoms with Gasteiger partial charge in [-0.05, 0) is 24.0 Å². The summed E-state index contributed by atoms with van der Waals surface area (Å²) < 4.78 is 42.0. The van der Waals surface area contributed by atoms with Crippen molar-refractivity contribution < 1.29 is 111 Å². The zero-order valence-corrected chi connectivity index (χ0v) is 33.7. The van der Waals surface area contributed by atoms with E-state index in [0.717, 1.165) is 57.8 Å². The van der Waals surface area contributed by atoms with E-state index in [1.165, 1.54) is 30.7 Å². The summed E-state index contributed by atoms with van der Waals surface area (Å²) in [5, 5.41) is 18.3. The smallest absolute Gasteiger partial charge is 0.545 e. The molecule has 0 aliphatic carbocycles. The molecule has 1 unspecified atom stereocenters. The first-order chi connectivity index (χ1) is 21.9. The predicted molar refractivity (Wildman–Crippen MR) is 170 cm³/mol. The van der Waals surface area contributed by atoms with Crippen LogP contribution >= 0.6 is 0 Å². The van der Waals surface area contributed by atoms with Crippen molar-refractivity contribution in [2.45, 2.75) is 103 Å². The fraction of sp³-hybridized carbons (Fsp3) is 0.529. The Hall–Kier alpha value is -1.77. The van der Waals surface area contributed by atoms with Gasteiger partial charge in [0.15, 0.2) is 5.25 Å². The Morgan fingerprint density at radius 2 is 0.979 bits per heavy atom. The summed E-state index contributed by atoms with van der Waals surface area (Å²) in [4.78, 5) is 44.0. The van der Waals surface area contributed by atoms with Gasteiger partial charge in [-0.1, -0.05) is 139 Å². The Bertz CT molecular complexity index is 1180. The third-order valence-corrected chi connectivity index (χ3v) is 7.57. The summed E-state index contributed by atoms with van der Waals surface area (Å²) in [6.45, 7) is 4.50. The summed E-state index contributed by atoms with van der Waals surface area (Å²) in [7, 11) is -4.73. The Balaban J connectivity index is -0.000000815. The zero-order valence-electron chi connectivity index (χ0n) is 28.9. The second-order valence-electron chi connectivity index (χ2n) is 10.4. The molecule has 1 N–H and O–H groups in total. The molecule has 0 aliphatic heterocycles. The van der Waals surface area contributed by atoms with E-state index < -0.39 is 45.7 Å². The average molecular weight is 711 g/mol. The molecule has 14 heteroatoms. The Kier molecular flexibility index (Phi) is 34.2. The van der Waals surface area contributed by atoms with Crippen molar-refractivity contribution in [1.29, 1.82) is 0 Å².